The monoisotopic (exact) mass is 538 g/mol. The summed E-state index contributed by atoms with van der Waals surface area (Å²) in [5.74, 6) is 3.53. The molecule has 4 rings (SSSR count). The number of hydrogen-bond acceptors (Lipinski definition) is 5. The minimum absolute atomic E-state index is 0. The zero-order chi connectivity index (χ0) is 20.8. The van der Waals surface area contributed by atoms with E-state index in [1.54, 1.807) is 7.11 Å². The molecule has 0 spiro atoms. The SMILES string of the molecule is CN=C(NCCc1ccc2c(c1)OCCO2)N1CCN(c2ccc(OC)cc2)CC1.I. The predicted octanol–water partition coefficient (Wildman–Crippen LogP) is 3.02. The average molecular weight is 538 g/mol. The van der Waals surface area contributed by atoms with E-state index in [2.05, 4.69) is 44.4 Å². The molecule has 7 nitrogen and oxygen atoms in total. The Morgan fingerprint density at radius 1 is 1.00 bits per heavy atom. The van der Waals surface area contributed by atoms with Crippen molar-refractivity contribution in [3.8, 4) is 17.2 Å². The first-order chi connectivity index (χ1) is 14.8. The van der Waals surface area contributed by atoms with Crippen LogP contribution in [0.2, 0.25) is 0 Å². The number of rotatable bonds is 5. The maximum Gasteiger partial charge on any atom is 0.193 e. The van der Waals surface area contributed by atoms with Crippen LogP contribution in [-0.4, -0.2) is 71.0 Å². The van der Waals surface area contributed by atoms with E-state index >= 15 is 0 Å². The highest BCUT2D eigenvalue weighted by molar-refractivity contribution is 14.0. The second-order valence-electron chi connectivity index (χ2n) is 7.37. The first-order valence-corrected chi connectivity index (χ1v) is 10.5. The van der Waals surface area contributed by atoms with E-state index in [0.29, 0.717) is 13.2 Å². The molecule has 31 heavy (non-hydrogen) atoms. The van der Waals surface area contributed by atoms with Gasteiger partial charge in [-0.25, -0.2) is 0 Å². The summed E-state index contributed by atoms with van der Waals surface area (Å²) in [4.78, 5) is 9.21. The van der Waals surface area contributed by atoms with Crippen LogP contribution >= 0.6 is 24.0 Å². The number of anilines is 1. The summed E-state index contributed by atoms with van der Waals surface area (Å²) in [5.41, 5.74) is 2.46. The van der Waals surface area contributed by atoms with Gasteiger partial charge >= 0.3 is 0 Å². The topological polar surface area (TPSA) is 58.6 Å². The van der Waals surface area contributed by atoms with Gasteiger partial charge in [0.05, 0.1) is 7.11 Å². The lowest BCUT2D eigenvalue weighted by Crippen LogP contribution is -2.52. The van der Waals surface area contributed by atoms with Crippen LogP contribution < -0.4 is 24.4 Å². The number of piperazine rings is 1. The van der Waals surface area contributed by atoms with E-state index in [9.17, 15) is 0 Å². The molecule has 2 heterocycles. The number of nitrogens with one attached hydrogen (secondary N) is 1. The number of benzene rings is 2. The first kappa shape index (κ1) is 23.3. The number of ether oxygens (including phenoxy) is 3. The van der Waals surface area contributed by atoms with Crippen LogP contribution in [0.1, 0.15) is 5.56 Å². The Morgan fingerprint density at radius 3 is 2.39 bits per heavy atom. The lowest BCUT2D eigenvalue weighted by molar-refractivity contribution is 0.171. The third kappa shape index (κ3) is 5.87. The molecule has 2 aromatic rings. The maximum absolute atomic E-state index is 5.68. The summed E-state index contributed by atoms with van der Waals surface area (Å²) in [6.45, 7) is 5.88. The first-order valence-electron chi connectivity index (χ1n) is 10.5. The third-order valence-corrected chi connectivity index (χ3v) is 5.53. The highest BCUT2D eigenvalue weighted by Gasteiger charge is 2.20. The summed E-state index contributed by atoms with van der Waals surface area (Å²) in [6, 6.07) is 14.4. The molecule has 2 aliphatic rings. The van der Waals surface area contributed by atoms with E-state index in [1.165, 1.54) is 11.3 Å². The van der Waals surface area contributed by atoms with Crippen LogP contribution in [0.3, 0.4) is 0 Å². The Balaban J connectivity index is 0.00000272. The quantitative estimate of drug-likeness (QED) is 0.359. The molecule has 1 fully saturated rings. The molecule has 2 aliphatic heterocycles. The number of guanidine groups is 1. The van der Waals surface area contributed by atoms with Gasteiger partial charge in [0.15, 0.2) is 17.5 Å². The minimum atomic E-state index is 0. The molecule has 0 aromatic heterocycles. The van der Waals surface area contributed by atoms with Crippen molar-refractivity contribution in [2.45, 2.75) is 6.42 Å². The third-order valence-electron chi connectivity index (χ3n) is 5.53. The van der Waals surface area contributed by atoms with Crippen molar-refractivity contribution in [2.24, 2.45) is 4.99 Å². The highest BCUT2D eigenvalue weighted by atomic mass is 127. The van der Waals surface area contributed by atoms with Crippen LogP contribution in [0, 0.1) is 0 Å². The Morgan fingerprint density at radius 2 is 1.71 bits per heavy atom. The van der Waals surface area contributed by atoms with Crippen molar-refractivity contribution in [3.63, 3.8) is 0 Å². The van der Waals surface area contributed by atoms with Gasteiger partial charge in [-0.15, -0.1) is 24.0 Å². The molecule has 1 N–H and O–H groups in total. The van der Waals surface area contributed by atoms with Crippen LogP contribution in [0.4, 0.5) is 5.69 Å². The molecule has 2 aromatic carbocycles. The summed E-state index contributed by atoms with van der Waals surface area (Å²) in [7, 11) is 3.54. The van der Waals surface area contributed by atoms with Gasteiger partial charge in [0.1, 0.15) is 19.0 Å². The number of nitrogens with zero attached hydrogens (tertiary/aromatic N) is 3. The number of aliphatic imine (C=N–C) groups is 1. The molecule has 0 radical (unpaired) electrons. The number of halogens is 1. The van der Waals surface area contributed by atoms with Crippen LogP contribution in [0.5, 0.6) is 17.2 Å². The van der Waals surface area contributed by atoms with E-state index in [4.69, 9.17) is 14.2 Å². The zero-order valence-electron chi connectivity index (χ0n) is 18.2. The summed E-state index contributed by atoms with van der Waals surface area (Å²) in [6.07, 6.45) is 0.904. The molecule has 8 heteroatoms. The Hall–Kier alpha value is -2.36. The highest BCUT2D eigenvalue weighted by Crippen LogP contribution is 2.30. The summed E-state index contributed by atoms with van der Waals surface area (Å²) < 4.78 is 16.5. The fourth-order valence-corrected chi connectivity index (χ4v) is 3.86. The zero-order valence-corrected chi connectivity index (χ0v) is 20.5. The normalized spacial score (nSPS) is 15.9. The molecule has 0 bridgehead atoms. The molecular weight excluding hydrogens is 507 g/mol. The molecule has 0 unspecified atom stereocenters. The molecule has 0 amide bonds. The van der Waals surface area contributed by atoms with Crippen molar-refractivity contribution < 1.29 is 14.2 Å². The molecule has 0 saturated carbocycles. The van der Waals surface area contributed by atoms with Gasteiger partial charge < -0.3 is 29.3 Å². The van der Waals surface area contributed by atoms with Gasteiger partial charge in [0.25, 0.3) is 0 Å². The van der Waals surface area contributed by atoms with Crippen molar-refractivity contribution in [2.75, 3.05) is 65.0 Å². The fraction of sp³-hybridized carbons (Fsp3) is 0.435. The molecule has 1 saturated heterocycles. The maximum atomic E-state index is 5.68. The fourth-order valence-electron chi connectivity index (χ4n) is 3.86. The molecule has 0 atom stereocenters. The van der Waals surface area contributed by atoms with Gasteiger partial charge in [0.2, 0.25) is 0 Å². The second-order valence-corrected chi connectivity index (χ2v) is 7.37. The largest absolute Gasteiger partial charge is 0.497 e. The summed E-state index contributed by atoms with van der Waals surface area (Å²) in [5, 5.41) is 3.51. The lowest BCUT2D eigenvalue weighted by atomic mass is 10.1. The number of methoxy groups -OCH3 is 1. The van der Waals surface area contributed by atoms with Crippen molar-refractivity contribution >= 4 is 35.6 Å². The smallest absolute Gasteiger partial charge is 0.193 e. The van der Waals surface area contributed by atoms with Gasteiger partial charge in [-0.2, -0.15) is 0 Å². The standard InChI is InChI=1S/C23H30N4O3.HI/c1-24-23(25-10-9-18-3-8-21-22(17-18)30-16-15-29-21)27-13-11-26(12-14-27)19-4-6-20(28-2)7-5-19;/h3-8,17H,9-16H2,1-2H3,(H,24,25);1H. The second kappa shape index (κ2) is 11.3. The van der Waals surface area contributed by atoms with E-state index in [1.807, 2.05) is 25.2 Å². The van der Waals surface area contributed by atoms with Gasteiger partial charge in [0, 0.05) is 45.5 Å². The minimum Gasteiger partial charge on any atom is -0.497 e. The van der Waals surface area contributed by atoms with Crippen LogP contribution in [-0.2, 0) is 6.42 Å². The molecule has 0 aliphatic carbocycles. The number of hydrogen-bond donors (Lipinski definition) is 1. The van der Waals surface area contributed by atoms with Crippen LogP contribution in [0.15, 0.2) is 47.5 Å². The Kier molecular flexibility index (Phi) is 8.51. The Labute approximate surface area is 201 Å². The van der Waals surface area contributed by atoms with Crippen molar-refractivity contribution in [1.29, 1.82) is 0 Å². The molecule has 168 valence electrons. The summed E-state index contributed by atoms with van der Waals surface area (Å²) >= 11 is 0. The van der Waals surface area contributed by atoms with E-state index in [-0.39, 0.29) is 24.0 Å². The van der Waals surface area contributed by atoms with E-state index < -0.39 is 0 Å². The Bertz CT molecular complexity index is 868. The van der Waals surface area contributed by atoms with Gasteiger partial charge in [-0.3, -0.25) is 4.99 Å². The molecular formula is C23H31IN4O3. The average Bonchev–Trinajstić information content (AvgIpc) is 2.82. The predicted molar refractivity (Wildman–Crippen MR) is 135 cm³/mol. The van der Waals surface area contributed by atoms with Gasteiger partial charge in [-0.1, -0.05) is 6.07 Å². The number of fused-ring (bicyclic) bond motifs is 1. The lowest BCUT2D eigenvalue weighted by Gasteiger charge is -2.37. The van der Waals surface area contributed by atoms with Crippen molar-refractivity contribution in [1.82, 2.24) is 10.2 Å². The van der Waals surface area contributed by atoms with E-state index in [0.717, 1.165) is 62.4 Å². The van der Waals surface area contributed by atoms with Crippen molar-refractivity contribution in [3.05, 3.63) is 48.0 Å². The van der Waals surface area contributed by atoms with Gasteiger partial charge in [-0.05, 0) is 48.4 Å². The van der Waals surface area contributed by atoms with Crippen LogP contribution in [0.25, 0.3) is 0 Å².